The summed E-state index contributed by atoms with van der Waals surface area (Å²) in [4.78, 5) is 0. The quantitative estimate of drug-likeness (QED) is 0.473. The minimum Gasteiger partial charge on any atom is -0.250 e. The number of ether oxygens (including phenoxy) is 1. The fourth-order valence-corrected chi connectivity index (χ4v) is 0.422. The first kappa shape index (κ1) is 6.73. The van der Waals surface area contributed by atoms with Gasteiger partial charge in [0.05, 0.1) is 0 Å². The van der Waals surface area contributed by atoms with Crippen LogP contribution in [0.15, 0.2) is 0 Å². The van der Waals surface area contributed by atoms with Gasteiger partial charge < -0.3 is 0 Å². The second-order valence-corrected chi connectivity index (χ2v) is 1.59. The minimum atomic E-state index is -4.30. The van der Waals surface area contributed by atoms with Crippen molar-refractivity contribution in [1.82, 2.24) is 0 Å². The van der Waals surface area contributed by atoms with Crippen LogP contribution in [-0.4, -0.2) is 18.4 Å². The molecule has 0 amide bonds. The second-order valence-electron chi connectivity index (χ2n) is 1.59. The van der Waals surface area contributed by atoms with Gasteiger partial charge in [0, 0.05) is 0 Å². The Labute approximate surface area is 46.4 Å². The van der Waals surface area contributed by atoms with Gasteiger partial charge in [-0.3, -0.25) is 4.74 Å². The highest BCUT2D eigenvalue weighted by Crippen LogP contribution is 2.48. The van der Waals surface area contributed by atoms with Gasteiger partial charge in [-0.1, -0.05) is 0 Å². The van der Waals surface area contributed by atoms with Crippen molar-refractivity contribution < 1.29 is 26.7 Å². The summed E-state index contributed by atoms with van der Waals surface area (Å²) in [6, 6.07) is 0. The summed E-state index contributed by atoms with van der Waals surface area (Å²) in [5.41, 5.74) is 0. The van der Waals surface area contributed by atoms with Crippen molar-refractivity contribution in [2.24, 2.45) is 0 Å². The van der Waals surface area contributed by atoms with Crippen LogP contribution in [0.5, 0.6) is 0 Å². The van der Waals surface area contributed by atoms with Crippen molar-refractivity contribution in [2.45, 2.75) is 18.4 Å². The summed E-state index contributed by atoms with van der Waals surface area (Å²) in [7, 11) is 0. The van der Waals surface area contributed by atoms with Gasteiger partial charge in [-0.15, -0.1) is 0 Å². The van der Waals surface area contributed by atoms with Crippen LogP contribution in [0.2, 0.25) is 0 Å². The normalized spacial score (nSPS) is 31.7. The molecule has 1 fully saturated rings. The van der Waals surface area contributed by atoms with Crippen molar-refractivity contribution in [2.75, 3.05) is 0 Å². The molecule has 1 aliphatic heterocycles. The van der Waals surface area contributed by atoms with Gasteiger partial charge in [0.25, 0.3) is 6.17 Å². The first-order valence-corrected chi connectivity index (χ1v) is 1.96. The van der Waals surface area contributed by atoms with E-state index in [4.69, 9.17) is 0 Å². The van der Waals surface area contributed by atoms with E-state index in [2.05, 4.69) is 4.74 Å². The van der Waals surface area contributed by atoms with Crippen molar-refractivity contribution >= 4 is 0 Å². The largest absolute Gasteiger partial charge is 0.400 e. The summed E-state index contributed by atoms with van der Waals surface area (Å²) in [5, 5.41) is 0. The Bertz CT molecular complexity index is 118. The van der Waals surface area contributed by atoms with Gasteiger partial charge in [0.1, 0.15) is 0 Å². The second kappa shape index (κ2) is 1.36. The Hall–Kier alpha value is -0.390. The van der Waals surface area contributed by atoms with Crippen molar-refractivity contribution in [3.8, 4) is 0 Å². The molecule has 1 nitrogen and oxygen atoms in total. The van der Waals surface area contributed by atoms with Crippen molar-refractivity contribution in [3.05, 3.63) is 0 Å². The summed E-state index contributed by atoms with van der Waals surface area (Å²) in [5.74, 6) is 0. The zero-order valence-corrected chi connectivity index (χ0v) is 3.88. The fraction of sp³-hybridized carbons (Fsp3) is 1.00. The van der Waals surface area contributed by atoms with Crippen LogP contribution in [0.25, 0.3) is 0 Å². The standard InChI is InChI=1S/C3HF5O/c4-1-2(5,6)9-3(1,7)8/h1H. The van der Waals surface area contributed by atoms with Gasteiger partial charge in [0.15, 0.2) is 0 Å². The van der Waals surface area contributed by atoms with Gasteiger partial charge in [-0.05, 0) is 0 Å². The molecule has 1 saturated heterocycles. The molecule has 0 aromatic heterocycles. The third kappa shape index (κ3) is 0.772. The molecule has 1 aliphatic rings. The van der Waals surface area contributed by atoms with E-state index in [1.165, 1.54) is 0 Å². The molecule has 54 valence electrons. The fourth-order valence-electron chi connectivity index (χ4n) is 0.422. The Morgan fingerprint density at radius 3 is 1.33 bits per heavy atom. The molecule has 0 aromatic carbocycles. The molecule has 0 N–H and O–H groups in total. The van der Waals surface area contributed by atoms with E-state index in [1.807, 2.05) is 0 Å². The molecule has 0 unspecified atom stereocenters. The molecule has 0 aliphatic carbocycles. The van der Waals surface area contributed by atoms with Crippen LogP contribution in [0.3, 0.4) is 0 Å². The molecule has 6 heteroatoms. The smallest absolute Gasteiger partial charge is 0.250 e. The third-order valence-electron chi connectivity index (χ3n) is 0.862. The number of hydrogen-bond acceptors (Lipinski definition) is 1. The molecule has 0 aromatic rings. The number of rotatable bonds is 0. The number of alkyl halides is 5. The maximum absolute atomic E-state index is 11.4. The van der Waals surface area contributed by atoms with E-state index < -0.39 is 18.4 Å². The van der Waals surface area contributed by atoms with Crippen LogP contribution in [-0.2, 0) is 4.74 Å². The lowest BCUT2D eigenvalue weighted by atomic mass is 10.2. The van der Waals surface area contributed by atoms with Gasteiger partial charge in [0.2, 0.25) is 0 Å². The molecule has 0 radical (unpaired) electrons. The van der Waals surface area contributed by atoms with Crippen LogP contribution in [0.1, 0.15) is 0 Å². The minimum absolute atomic E-state index is 2.58. The topological polar surface area (TPSA) is 9.23 Å². The highest BCUT2D eigenvalue weighted by molar-refractivity contribution is 4.87. The van der Waals surface area contributed by atoms with Crippen molar-refractivity contribution in [1.29, 1.82) is 0 Å². The number of halogens is 5. The van der Waals surface area contributed by atoms with Crippen LogP contribution >= 0.6 is 0 Å². The van der Waals surface area contributed by atoms with E-state index in [9.17, 15) is 22.0 Å². The van der Waals surface area contributed by atoms with Crippen LogP contribution in [0.4, 0.5) is 22.0 Å². The third-order valence-corrected chi connectivity index (χ3v) is 0.862. The molecule has 0 bridgehead atoms. The zero-order valence-electron chi connectivity index (χ0n) is 3.88. The lowest BCUT2D eigenvalue weighted by Crippen LogP contribution is -2.61. The maximum atomic E-state index is 11.4. The molecular weight excluding hydrogens is 147 g/mol. The Kier molecular flexibility index (Phi) is 1.02. The maximum Gasteiger partial charge on any atom is 0.400 e. The van der Waals surface area contributed by atoms with E-state index in [0.29, 0.717) is 0 Å². The van der Waals surface area contributed by atoms with Gasteiger partial charge in [-0.25, -0.2) is 4.39 Å². The average Bonchev–Trinajstić information content (AvgIpc) is 1.63. The lowest BCUT2D eigenvalue weighted by Gasteiger charge is -2.37. The van der Waals surface area contributed by atoms with Gasteiger partial charge >= 0.3 is 12.2 Å². The molecule has 9 heavy (non-hydrogen) atoms. The molecule has 1 heterocycles. The van der Waals surface area contributed by atoms with Crippen LogP contribution in [0, 0.1) is 0 Å². The highest BCUT2D eigenvalue weighted by atomic mass is 19.3. The summed E-state index contributed by atoms with van der Waals surface area (Å²) >= 11 is 0. The monoisotopic (exact) mass is 148 g/mol. The van der Waals surface area contributed by atoms with E-state index in [0.717, 1.165) is 0 Å². The Balaban J connectivity index is 2.62. The Morgan fingerprint density at radius 1 is 1.00 bits per heavy atom. The molecular formula is C3HF5O. The first-order chi connectivity index (χ1) is 3.86. The number of hydrogen-bond donors (Lipinski definition) is 0. The van der Waals surface area contributed by atoms with Crippen LogP contribution < -0.4 is 0 Å². The Morgan fingerprint density at radius 2 is 1.33 bits per heavy atom. The summed E-state index contributed by atoms with van der Waals surface area (Å²) < 4.78 is 59.4. The SMILES string of the molecule is FC1C(F)(F)OC1(F)F. The van der Waals surface area contributed by atoms with Crippen molar-refractivity contribution in [3.63, 3.8) is 0 Å². The van der Waals surface area contributed by atoms with E-state index >= 15 is 0 Å². The zero-order chi connectivity index (χ0) is 7.28. The predicted octanol–water partition coefficient (Wildman–Crippen LogP) is 1.54. The molecule has 0 spiro atoms. The van der Waals surface area contributed by atoms with E-state index in [1.54, 1.807) is 0 Å². The molecule has 0 saturated carbocycles. The summed E-state index contributed by atoms with van der Waals surface area (Å²) in [6.07, 6.45) is -12.1. The summed E-state index contributed by atoms with van der Waals surface area (Å²) in [6.45, 7) is 0. The van der Waals surface area contributed by atoms with Gasteiger partial charge in [-0.2, -0.15) is 17.6 Å². The highest BCUT2D eigenvalue weighted by Gasteiger charge is 2.72. The lowest BCUT2D eigenvalue weighted by molar-refractivity contribution is -0.512. The average molecular weight is 148 g/mol. The predicted molar refractivity (Wildman–Crippen MR) is 15.9 cm³/mol. The molecule has 0 atom stereocenters. The first-order valence-electron chi connectivity index (χ1n) is 1.96. The van der Waals surface area contributed by atoms with E-state index in [-0.39, 0.29) is 0 Å². The molecule has 1 rings (SSSR count).